The summed E-state index contributed by atoms with van der Waals surface area (Å²) in [4.78, 5) is 4.24. The molecule has 17 heavy (non-hydrogen) atoms. The Morgan fingerprint density at radius 1 is 1.47 bits per heavy atom. The van der Waals surface area contributed by atoms with Gasteiger partial charge in [0, 0.05) is 16.6 Å². The van der Waals surface area contributed by atoms with Crippen molar-refractivity contribution in [1.82, 2.24) is 10.1 Å². The molecule has 1 N–H and O–H groups in total. The summed E-state index contributed by atoms with van der Waals surface area (Å²) in [5, 5.41) is 7.58. The van der Waals surface area contributed by atoms with E-state index in [0.29, 0.717) is 16.9 Å². The van der Waals surface area contributed by atoms with Crippen LogP contribution in [0.2, 0.25) is 5.02 Å². The molecule has 0 radical (unpaired) electrons. The Bertz CT molecular complexity index is 515. The third kappa shape index (κ3) is 2.98. The molecule has 0 aliphatic rings. The highest BCUT2D eigenvalue weighted by molar-refractivity contribution is 9.10. The van der Waals surface area contributed by atoms with Crippen LogP contribution in [-0.4, -0.2) is 16.7 Å². The van der Waals surface area contributed by atoms with Crippen LogP contribution in [0, 0.1) is 0 Å². The Labute approximate surface area is 112 Å². The zero-order valence-electron chi connectivity index (χ0n) is 9.20. The summed E-state index contributed by atoms with van der Waals surface area (Å²) in [6.07, 6.45) is 1.00. The topological polar surface area (TPSA) is 51.0 Å². The van der Waals surface area contributed by atoms with Gasteiger partial charge in [-0.05, 0) is 40.5 Å². The molecule has 0 aliphatic heterocycles. The van der Waals surface area contributed by atoms with Gasteiger partial charge in [-0.3, -0.25) is 0 Å². The maximum Gasteiger partial charge on any atom is 0.321 e. The minimum atomic E-state index is 0.438. The number of aromatic nitrogens is 2. The van der Waals surface area contributed by atoms with Gasteiger partial charge in [0.2, 0.25) is 5.82 Å². The van der Waals surface area contributed by atoms with E-state index in [2.05, 4.69) is 38.3 Å². The van der Waals surface area contributed by atoms with Gasteiger partial charge < -0.3 is 9.84 Å². The van der Waals surface area contributed by atoms with Crippen molar-refractivity contribution in [3.05, 3.63) is 27.7 Å². The Balaban J connectivity index is 2.21. The van der Waals surface area contributed by atoms with Crippen molar-refractivity contribution in [3.63, 3.8) is 0 Å². The SMILES string of the molecule is CCCNc1nc(-c2ccc(Cl)c(Br)c2)no1. The molecular formula is C11H11BrClN3O. The van der Waals surface area contributed by atoms with Gasteiger partial charge in [0.25, 0.3) is 0 Å². The summed E-state index contributed by atoms with van der Waals surface area (Å²) in [6.45, 7) is 2.88. The minimum absolute atomic E-state index is 0.438. The highest BCUT2D eigenvalue weighted by Crippen LogP contribution is 2.27. The van der Waals surface area contributed by atoms with Crippen LogP contribution in [0.25, 0.3) is 11.4 Å². The monoisotopic (exact) mass is 315 g/mol. The highest BCUT2D eigenvalue weighted by atomic mass is 79.9. The Morgan fingerprint density at radius 3 is 3.00 bits per heavy atom. The van der Waals surface area contributed by atoms with Crippen molar-refractivity contribution in [2.45, 2.75) is 13.3 Å². The van der Waals surface area contributed by atoms with E-state index in [1.165, 1.54) is 0 Å². The van der Waals surface area contributed by atoms with Crippen LogP contribution >= 0.6 is 27.5 Å². The van der Waals surface area contributed by atoms with Gasteiger partial charge in [0.15, 0.2) is 0 Å². The number of anilines is 1. The van der Waals surface area contributed by atoms with E-state index in [1.807, 2.05) is 12.1 Å². The van der Waals surface area contributed by atoms with E-state index >= 15 is 0 Å². The molecule has 6 heteroatoms. The lowest BCUT2D eigenvalue weighted by Gasteiger charge is -1.97. The molecule has 0 saturated heterocycles. The van der Waals surface area contributed by atoms with Gasteiger partial charge in [-0.15, -0.1) is 0 Å². The molecule has 0 aliphatic carbocycles. The summed E-state index contributed by atoms with van der Waals surface area (Å²) in [6, 6.07) is 5.93. The largest absolute Gasteiger partial charge is 0.338 e. The van der Waals surface area contributed by atoms with Crippen molar-refractivity contribution >= 4 is 33.5 Å². The maximum atomic E-state index is 5.92. The zero-order valence-corrected chi connectivity index (χ0v) is 11.5. The van der Waals surface area contributed by atoms with Gasteiger partial charge in [0.1, 0.15) is 0 Å². The van der Waals surface area contributed by atoms with E-state index in [0.717, 1.165) is 23.0 Å². The molecule has 1 aromatic carbocycles. The number of nitrogens with zero attached hydrogens (tertiary/aromatic N) is 2. The normalized spacial score (nSPS) is 10.5. The summed E-state index contributed by atoms with van der Waals surface area (Å²) in [5.74, 6) is 0.543. The standard InChI is InChI=1S/C11H11BrClN3O/c1-2-5-14-11-15-10(16-17-11)7-3-4-9(13)8(12)6-7/h3-4,6H,2,5H2,1H3,(H,14,15,16). The lowest BCUT2D eigenvalue weighted by Crippen LogP contribution is -1.99. The van der Waals surface area contributed by atoms with E-state index in [4.69, 9.17) is 16.1 Å². The fourth-order valence-electron chi connectivity index (χ4n) is 1.28. The van der Waals surface area contributed by atoms with E-state index in [1.54, 1.807) is 6.07 Å². The molecule has 0 bridgehead atoms. The van der Waals surface area contributed by atoms with Crippen LogP contribution < -0.4 is 5.32 Å². The number of benzene rings is 1. The van der Waals surface area contributed by atoms with Crippen LogP contribution in [0.3, 0.4) is 0 Å². The molecule has 0 spiro atoms. The van der Waals surface area contributed by atoms with Crippen molar-refractivity contribution < 1.29 is 4.52 Å². The molecule has 0 fully saturated rings. The molecule has 4 nitrogen and oxygen atoms in total. The fourth-order valence-corrected chi connectivity index (χ4v) is 1.78. The Morgan fingerprint density at radius 2 is 2.29 bits per heavy atom. The molecule has 1 aromatic heterocycles. The van der Waals surface area contributed by atoms with Crippen LogP contribution in [0.1, 0.15) is 13.3 Å². The summed E-state index contributed by atoms with van der Waals surface area (Å²) in [7, 11) is 0. The second-order valence-electron chi connectivity index (χ2n) is 3.48. The van der Waals surface area contributed by atoms with Gasteiger partial charge in [-0.1, -0.05) is 23.7 Å². The molecule has 0 unspecified atom stereocenters. The van der Waals surface area contributed by atoms with Crippen molar-refractivity contribution in [3.8, 4) is 11.4 Å². The molecule has 0 atom stereocenters. The van der Waals surface area contributed by atoms with Crippen molar-refractivity contribution in [1.29, 1.82) is 0 Å². The third-order valence-corrected chi connectivity index (χ3v) is 3.34. The average molecular weight is 317 g/mol. The van der Waals surface area contributed by atoms with Gasteiger partial charge in [-0.25, -0.2) is 0 Å². The quantitative estimate of drug-likeness (QED) is 0.927. The fraction of sp³-hybridized carbons (Fsp3) is 0.273. The number of hydrogen-bond acceptors (Lipinski definition) is 4. The second-order valence-corrected chi connectivity index (χ2v) is 4.74. The van der Waals surface area contributed by atoms with E-state index in [-0.39, 0.29) is 0 Å². The van der Waals surface area contributed by atoms with E-state index < -0.39 is 0 Å². The van der Waals surface area contributed by atoms with Crippen LogP contribution in [0.4, 0.5) is 6.01 Å². The van der Waals surface area contributed by atoms with Crippen molar-refractivity contribution in [2.24, 2.45) is 0 Å². The zero-order chi connectivity index (χ0) is 12.3. The van der Waals surface area contributed by atoms with E-state index in [9.17, 15) is 0 Å². The third-order valence-electron chi connectivity index (χ3n) is 2.13. The number of nitrogens with one attached hydrogen (secondary N) is 1. The van der Waals surface area contributed by atoms with Crippen LogP contribution in [-0.2, 0) is 0 Å². The minimum Gasteiger partial charge on any atom is -0.338 e. The van der Waals surface area contributed by atoms with Gasteiger partial charge in [0.05, 0.1) is 5.02 Å². The molecule has 90 valence electrons. The molecule has 1 heterocycles. The summed E-state index contributed by atoms with van der Waals surface area (Å²) < 4.78 is 5.88. The lowest BCUT2D eigenvalue weighted by molar-refractivity contribution is 0.432. The predicted molar refractivity (Wildman–Crippen MR) is 71.2 cm³/mol. The Kier molecular flexibility index (Phi) is 4.02. The molecule has 2 rings (SSSR count). The van der Waals surface area contributed by atoms with Gasteiger partial charge in [-0.2, -0.15) is 4.98 Å². The first-order valence-corrected chi connectivity index (χ1v) is 6.41. The van der Waals surface area contributed by atoms with Gasteiger partial charge >= 0.3 is 6.01 Å². The first-order valence-electron chi connectivity index (χ1n) is 5.23. The lowest BCUT2D eigenvalue weighted by atomic mass is 10.2. The summed E-state index contributed by atoms with van der Waals surface area (Å²) >= 11 is 9.28. The number of halogens is 2. The van der Waals surface area contributed by atoms with Crippen molar-refractivity contribution in [2.75, 3.05) is 11.9 Å². The molecule has 2 aromatic rings. The Hall–Kier alpha value is -1.07. The smallest absolute Gasteiger partial charge is 0.321 e. The molecule has 0 amide bonds. The van der Waals surface area contributed by atoms with Crippen LogP contribution in [0.15, 0.2) is 27.2 Å². The molecular weight excluding hydrogens is 305 g/mol. The number of hydrogen-bond donors (Lipinski definition) is 1. The predicted octanol–water partition coefficient (Wildman–Crippen LogP) is 3.97. The number of rotatable bonds is 4. The molecule has 0 saturated carbocycles. The summed E-state index contributed by atoms with van der Waals surface area (Å²) in [5.41, 5.74) is 0.856. The highest BCUT2D eigenvalue weighted by Gasteiger charge is 2.09. The second kappa shape index (κ2) is 5.51. The first-order chi connectivity index (χ1) is 8.20. The average Bonchev–Trinajstić information content (AvgIpc) is 2.79. The maximum absolute atomic E-state index is 5.92. The first kappa shape index (κ1) is 12.4. The van der Waals surface area contributed by atoms with Crippen LogP contribution in [0.5, 0.6) is 0 Å².